The van der Waals surface area contributed by atoms with Crippen LogP contribution < -0.4 is 5.32 Å². The summed E-state index contributed by atoms with van der Waals surface area (Å²) >= 11 is 0. The van der Waals surface area contributed by atoms with Crippen LogP contribution in [0.4, 0.5) is 17.1 Å². The van der Waals surface area contributed by atoms with Gasteiger partial charge in [0, 0.05) is 26.9 Å². The zero-order valence-corrected chi connectivity index (χ0v) is 17.3. The van der Waals surface area contributed by atoms with Gasteiger partial charge < -0.3 is 25.5 Å². The van der Waals surface area contributed by atoms with Crippen molar-refractivity contribution < 1.29 is 20.1 Å². The van der Waals surface area contributed by atoms with Gasteiger partial charge in [-0.25, -0.2) is 4.99 Å². The lowest BCUT2D eigenvalue weighted by Gasteiger charge is -2.15. The van der Waals surface area contributed by atoms with Gasteiger partial charge >= 0.3 is 0 Å². The molecular weight excluding hydrogens is 374 g/mol. The minimum Gasteiger partial charge on any atom is -0.505 e. The van der Waals surface area contributed by atoms with E-state index in [0.29, 0.717) is 5.71 Å². The number of aromatic nitrogens is 1. The number of carbonyl (C=O) groups excluding carboxylic acids is 1. The third-order valence-electron chi connectivity index (χ3n) is 4.57. The molecule has 0 spiro atoms. The number of rotatable bonds is 5. The van der Waals surface area contributed by atoms with Crippen LogP contribution in [0.25, 0.3) is 0 Å². The molecule has 0 saturated carbocycles. The number of nitrogens with one attached hydrogen (secondary N) is 1. The van der Waals surface area contributed by atoms with E-state index in [0.717, 1.165) is 4.57 Å². The number of phenols is 1. The van der Waals surface area contributed by atoms with Gasteiger partial charge in [-0.05, 0) is 25.0 Å². The summed E-state index contributed by atoms with van der Waals surface area (Å²) in [6.07, 6.45) is 0. The van der Waals surface area contributed by atoms with Gasteiger partial charge in [0.2, 0.25) is 11.8 Å². The van der Waals surface area contributed by atoms with E-state index < -0.39 is 5.91 Å². The van der Waals surface area contributed by atoms with Gasteiger partial charge in [-0.2, -0.15) is 5.26 Å². The number of benzene rings is 1. The van der Waals surface area contributed by atoms with Crippen molar-refractivity contribution in [1.82, 2.24) is 9.47 Å². The fraction of sp³-hybridized carbons (Fsp3) is 0.350. The molecule has 0 saturated heterocycles. The first-order valence-electron chi connectivity index (χ1n) is 8.91. The molecule has 0 atom stereocenters. The molecule has 2 aromatic rings. The summed E-state index contributed by atoms with van der Waals surface area (Å²) in [5.41, 5.74) is 0.927. The Labute approximate surface area is 169 Å². The average Bonchev–Trinajstić information content (AvgIpc) is 2.86. The van der Waals surface area contributed by atoms with Crippen LogP contribution in [0.2, 0.25) is 0 Å². The summed E-state index contributed by atoms with van der Waals surface area (Å²) in [6, 6.07) is 4.57. The van der Waals surface area contributed by atoms with Gasteiger partial charge in [0.1, 0.15) is 5.69 Å². The van der Waals surface area contributed by atoms with Crippen LogP contribution in [0.3, 0.4) is 0 Å². The highest BCUT2D eigenvalue weighted by molar-refractivity contribution is 6.00. The number of aromatic hydroxyl groups is 3. The summed E-state index contributed by atoms with van der Waals surface area (Å²) in [5, 5.41) is 43.5. The van der Waals surface area contributed by atoms with E-state index in [1.807, 2.05) is 19.9 Å². The van der Waals surface area contributed by atoms with Crippen molar-refractivity contribution in [2.24, 2.45) is 18.0 Å². The summed E-state index contributed by atoms with van der Waals surface area (Å²) in [7, 11) is 4.50. The van der Waals surface area contributed by atoms with Crippen LogP contribution in [0.15, 0.2) is 17.1 Å². The molecule has 9 nitrogen and oxygen atoms in total. The van der Waals surface area contributed by atoms with E-state index in [1.54, 1.807) is 6.92 Å². The van der Waals surface area contributed by atoms with Crippen molar-refractivity contribution in [3.05, 3.63) is 23.3 Å². The highest BCUT2D eigenvalue weighted by atomic mass is 16.3. The number of amides is 1. The smallest absolute Gasteiger partial charge is 0.257 e. The molecule has 1 amide bonds. The van der Waals surface area contributed by atoms with Crippen molar-refractivity contribution in [3.8, 4) is 23.6 Å². The van der Waals surface area contributed by atoms with E-state index in [-0.39, 0.29) is 51.6 Å². The number of carbonyl (C=O) groups is 1. The summed E-state index contributed by atoms with van der Waals surface area (Å²) < 4.78 is 1.13. The molecule has 4 N–H and O–H groups in total. The van der Waals surface area contributed by atoms with E-state index in [4.69, 9.17) is 0 Å². The highest BCUT2D eigenvalue weighted by Crippen LogP contribution is 2.47. The Morgan fingerprint density at radius 1 is 1.24 bits per heavy atom. The maximum absolute atomic E-state index is 12.4. The van der Waals surface area contributed by atoms with Crippen LogP contribution >= 0.6 is 0 Å². The topological polar surface area (TPSA) is 134 Å². The van der Waals surface area contributed by atoms with Crippen LogP contribution in [0, 0.1) is 17.2 Å². The van der Waals surface area contributed by atoms with Gasteiger partial charge in [-0.15, -0.1) is 0 Å². The fourth-order valence-corrected chi connectivity index (χ4v) is 2.50. The monoisotopic (exact) mass is 399 g/mol. The minimum atomic E-state index is -0.489. The van der Waals surface area contributed by atoms with Crippen molar-refractivity contribution >= 4 is 28.7 Å². The number of anilines is 2. The quantitative estimate of drug-likeness (QED) is 0.450. The molecule has 1 aromatic carbocycles. The first-order chi connectivity index (χ1) is 13.5. The van der Waals surface area contributed by atoms with Gasteiger partial charge in [0.15, 0.2) is 11.4 Å². The molecule has 1 aromatic heterocycles. The molecule has 1 heterocycles. The maximum atomic E-state index is 12.4. The lowest BCUT2D eigenvalue weighted by molar-refractivity contribution is 0.0824. The molecule has 29 heavy (non-hydrogen) atoms. The number of nitrogens with zero attached hydrogens (tertiary/aromatic N) is 4. The standard InChI is InChI=1S/C20H25N5O4/c1-10(2)11(3)22-15-16(20(29)25(6)19(15)28)23-14-8-12(9-21)7-13(17(14)26)18(27)24(4)5/h7-8,10,23,26,28-29H,1-6H3. The number of nitriles is 1. The normalized spacial score (nSPS) is 11.4. The largest absolute Gasteiger partial charge is 0.505 e. The molecular formula is C20H25N5O4. The van der Waals surface area contributed by atoms with E-state index in [1.165, 1.54) is 38.2 Å². The van der Waals surface area contributed by atoms with E-state index >= 15 is 0 Å². The van der Waals surface area contributed by atoms with Crippen LogP contribution in [-0.2, 0) is 7.05 Å². The van der Waals surface area contributed by atoms with E-state index in [9.17, 15) is 25.4 Å². The average molecular weight is 399 g/mol. The minimum absolute atomic E-state index is 0.0220. The van der Waals surface area contributed by atoms with Gasteiger partial charge in [0.05, 0.1) is 22.9 Å². The zero-order chi connectivity index (χ0) is 22.0. The first kappa shape index (κ1) is 21.6. The third-order valence-corrected chi connectivity index (χ3v) is 4.57. The van der Waals surface area contributed by atoms with Gasteiger partial charge in [0.25, 0.3) is 5.91 Å². The number of hydrogen-bond donors (Lipinski definition) is 4. The Bertz CT molecular complexity index is 1030. The summed E-state index contributed by atoms with van der Waals surface area (Å²) in [5.74, 6) is -1.37. The van der Waals surface area contributed by atoms with Crippen molar-refractivity contribution in [2.45, 2.75) is 20.8 Å². The first-order valence-corrected chi connectivity index (χ1v) is 8.91. The second-order valence-corrected chi connectivity index (χ2v) is 7.19. The molecule has 0 bridgehead atoms. The number of hydrogen-bond acceptors (Lipinski definition) is 7. The van der Waals surface area contributed by atoms with Gasteiger partial charge in [-0.1, -0.05) is 13.8 Å². The molecule has 154 valence electrons. The SMILES string of the molecule is CC(=Nc1c(Nc2cc(C#N)cc(C(=O)N(C)C)c2O)c(O)n(C)c1O)C(C)C. The maximum Gasteiger partial charge on any atom is 0.257 e. The van der Waals surface area contributed by atoms with Crippen molar-refractivity contribution in [2.75, 3.05) is 19.4 Å². The molecule has 0 unspecified atom stereocenters. The molecule has 0 aliphatic carbocycles. The Hall–Kier alpha value is -3.67. The lowest BCUT2D eigenvalue weighted by Crippen LogP contribution is -2.22. The van der Waals surface area contributed by atoms with Crippen LogP contribution in [0.1, 0.15) is 36.7 Å². The van der Waals surface area contributed by atoms with Gasteiger partial charge in [-0.3, -0.25) is 9.36 Å². The van der Waals surface area contributed by atoms with Crippen molar-refractivity contribution in [1.29, 1.82) is 5.26 Å². The molecule has 0 aliphatic heterocycles. The predicted molar refractivity (Wildman–Crippen MR) is 110 cm³/mol. The molecule has 0 aliphatic rings. The second kappa shape index (κ2) is 8.14. The Morgan fingerprint density at radius 3 is 2.38 bits per heavy atom. The molecule has 9 heteroatoms. The number of aliphatic imine (C=N–C) groups is 1. The molecule has 0 fully saturated rings. The van der Waals surface area contributed by atoms with Crippen molar-refractivity contribution in [3.63, 3.8) is 0 Å². The lowest BCUT2D eigenvalue weighted by atomic mass is 10.1. The summed E-state index contributed by atoms with van der Waals surface area (Å²) in [4.78, 5) is 18.0. The Kier molecular flexibility index (Phi) is 6.07. The van der Waals surface area contributed by atoms with Crippen LogP contribution in [0.5, 0.6) is 17.5 Å². The Morgan fingerprint density at radius 2 is 1.86 bits per heavy atom. The number of phenolic OH excluding ortho intramolecular Hbond substituents is 1. The zero-order valence-electron chi connectivity index (χ0n) is 17.3. The second-order valence-electron chi connectivity index (χ2n) is 7.19. The fourth-order valence-electron chi connectivity index (χ4n) is 2.50. The molecule has 0 radical (unpaired) electrons. The highest BCUT2D eigenvalue weighted by Gasteiger charge is 2.24. The van der Waals surface area contributed by atoms with E-state index in [2.05, 4.69) is 10.3 Å². The Balaban J connectivity index is 2.68. The summed E-state index contributed by atoms with van der Waals surface area (Å²) in [6.45, 7) is 5.67. The van der Waals surface area contributed by atoms with Crippen LogP contribution in [-0.4, -0.2) is 50.5 Å². The third kappa shape index (κ3) is 4.11. The predicted octanol–water partition coefficient (Wildman–Crippen LogP) is 3.21. The molecule has 2 rings (SSSR count).